The molecule has 1 aromatic rings. The van der Waals surface area contributed by atoms with Gasteiger partial charge in [-0.25, -0.2) is 0 Å². The molecule has 0 radical (unpaired) electrons. The molecule has 76 valence electrons. The van der Waals surface area contributed by atoms with Crippen molar-refractivity contribution in [3.8, 4) is 0 Å². The maximum absolute atomic E-state index is 11.5. The first kappa shape index (κ1) is 9.58. The fourth-order valence-corrected chi connectivity index (χ4v) is 2.73. The van der Waals surface area contributed by atoms with Gasteiger partial charge in [-0.2, -0.15) is 5.10 Å². The van der Waals surface area contributed by atoms with Crippen molar-refractivity contribution >= 4 is 23.4 Å². The number of amides is 1. The summed E-state index contributed by atoms with van der Waals surface area (Å²) in [7, 11) is 1.91. The van der Waals surface area contributed by atoms with Crippen molar-refractivity contribution in [2.24, 2.45) is 7.05 Å². The summed E-state index contributed by atoms with van der Waals surface area (Å²) in [6.07, 6.45) is 0.568. The van der Waals surface area contributed by atoms with Crippen molar-refractivity contribution < 1.29 is 4.79 Å². The Balaban J connectivity index is 2.47. The lowest BCUT2D eigenvalue weighted by Gasteiger charge is -2.05. The molecule has 4 nitrogen and oxygen atoms in total. The van der Waals surface area contributed by atoms with Crippen LogP contribution in [0.1, 0.15) is 19.0 Å². The number of rotatable bonds is 0. The zero-order valence-electron chi connectivity index (χ0n) is 8.50. The lowest BCUT2D eigenvalue weighted by Crippen LogP contribution is -2.13. The third-order valence-corrected chi connectivity index (χ3v) is 3.48. The van der Waals surface area contributed by atoms with E-state index in [-0.39, 0.29) is 5.91 Å². The molecule has 1 N–H and O–H groups in total. The number of nitrogens with one attached hydrogen (secondary N) is 1. The van der Waals surface area contributed by atoms with Gasteiger partial charge in [0.25, 0.3) is 0 Å². The molecule has 0 aromatic carbocycles. The minimum absolute atomic E-state index is 0.0832. The third kappa shape index (κ3) is 1.52. The summed E-state index contributed by atoms with van der Waals surface area (Å²) in [5, 5.41) is 8.55. The Bertz CT molecular complexity index is 386. The molecule has 1 aromatic heterocycles. The summed E-state index contributed by atoms with van der Waals surface area (Å²) in [5.41, 5.74) is 1.77. The van der Waals surface area contributed by atoms with E-state index >= 15 is 0 Å². The fraction of sp³-hybridized carbons (Fsp3) is 0.556. The van der Waals surface area contributed by atoms with Gasteiger partial charge in [0.1, 0.15) is 5.03 Å². The lowest BCUT2D eigenvalue weighted by atomic mass is 10.3. The Morgan fingerprint density at radius 1 is 1.64 bits per heavy atom. The molecule has 1 atom stereocenters. The van der Waals surface area contributed by atoms with E-state index in [1.807, 2.05) is 18.7 Å². The molecule has 1 aliphatic rings. The summed E-state index contributed by atoms with van der Waals surface area (Å²) in [6, 6.07) is 0. The van der Waals surface area contributed by atoms with Crippen LogP contribution in [-0.2, 0) is 11.8 Å². The van der Waals surface area contributed by atoms with Crippen LogP contribution in [-0.4, -0.2) is 20.9 Å². The number of nitrogens with zero attached hydrogens (tertiary/aromatic N) is 2. The van der Waals surface area contributed by atoms with E-state index < -0.39 is 0 Å². The molecule has 2 rings (SSSR count). The Morgan fingerprint density at radius 3 is 3.07 bits per heavy atom. The largest absolute Gasteiger partial charge is 0.322 e. The van der Waals surface area contributed by atoms with Crippen LogP contribution in [0.4, 0.5) is 5.69 Å². The van der Waals surface area contributed by atoms with Gasteiger partial charge in [-0.3, -0.25) is 9.48 Å². The summed E-state index contributed by atoms with van der Waals surface area (Å²) < 4.78 is 1.83. The molecular formula is C9H13N3OS. The first-order valence-electron chi connectivity index (χ1n) is 4.58. The van der Waals surface area contributed by atoms with Gasteiger partial charge in [0.05, 0.1) is 11.4 Å². The molecule has 0 bridgehead atoms. The Morgan fingerprint density at radius 2 is 2.36 bits per heavy atom. The molecule has 0 fully saturated rings. The number of carbonyl (C=O) groups excluding carboxylic acids is 1. The van der Waals surface area contributed by atoms with Crippen LogP contribution >= 0.6 is 11.8 Å². The quantitative estimate of drug-likeness (QED) is 0.708. The summed E-state index contributed by atoms with van der Waals surface area (Å²) in [6.45, 7) is 3.97. The Kier molecular flexibility index (Phi) is 2.26. The average molecular weight is 211 g/mol. The number of fused-ring (bicyclic) bond motifs is 1. The summed E-state index contributed by atoms with van der Waals surface area (Å²) in [5.74, 6) is 0.0832. The Hall–Kier alpha value is -0.970. The highest BCUT2D eigenvalue weighted by Crippen LogP contribution is 2.36. The van der Waals surface area contributed by atoms with Gasteiger partial charge in [0, 0.05) is 18.7 Å². The second-order valence-corrected chi connectivity index (χ2v) is 5.00. The second-order valence-electron chi connectivity index (χ2n) is 3.57. The number of anilines is 1. The monoisotopic (exact) mass is 211 g/mol. The van der Waals surface area contributed by atoms with E-state index in [4.69, 9.17) is 0 Å². The highest BCUT2D eigenvalue weighted by atomic mass is 32.2. The minimum Gasteiger partial charge on any atom is -0.322 e. The predicted molar refractivity (Wildman–Crippen MR) is 56.5 cm³/mol. The smallest absolute Gasteiger partial charge is 0.225 e. The van der Waals surface area contributed by atoms with Crippen LogP contribution in [0.15, 0.2) is 5.03 Å². The van der Waals surface area contributed by atoms with Crippen molar-refractivity contribution in [1.82, 2.24) is 9.78 Å². The van der Waals surface area contributed by atoms with E-state index in [1.165, 1.54) is 0 Å². The third-order valence-electron chi connectivity index (χ3n) is 2.22. The molecule has 1 unspecified atom stereocenters. The van der Waals surface area contributed by atoms with Crippen LogP contribution in [0.5, 0.6) is 0 Å². The number of thioether (sulfide) groups is 1. The van der Waals surface area contributed by atoms with Crippen LogP contribution in [0.25, 0.3) is 0 Å². The number of aromatic nitrogens is 2. The van der Waals surface area contributed by atoms with Crippen LogP contribution < -0.4 is 5.32 Å². The van der Waals surface area contributed by atoms with Gasteiger partial charge in [0.15, 0.2) is 0 Å². The zero-order chi connectivity index (χ0) is 10.3. The van der Waals surface area contributed by atoms with Crippen molar-refractivity contribution in [2.45, 2.75) is 30.5 Å². The standard InChI is InChI=1S/C9H13N3OS/c1-5-4-7(13)10-8-6(2)11-12(3)9(8)14-5/h5H,4H2,1-3H3,(H,10,13). The fourth-order valence-electron chi connectivity index (χ4n) is 1.60. The number of hydrogen-bond acceptors (Lipinski definition) is 3. The molecule has 5 heteroatoms. The van der Waals surface area contributed by atoms with Crippen molar-refractivity contribution in [3.05, 3.63) is 5.69 Å². The lowest BCUT2D eigenvalue weighted by molar-refractivity contribution is -0.116. The van der Waals surface area contributed by atoms with Crippen LogP contribution in [0, 0.1) is 6.92 Å². The van der Waals surface area contributed by atoms with E-state index in [0.29, 0.717) is 11.7 Å². The van der Waals surface area contributed by atoms with Gasteiger partial charge >= 0.3 is 0 Å². The number of hydrogen-bond donors (Lipinski definition) is 1. The highest BCUT2D eigenvalue weighted by molar-refractivity contribution is 8.00. The van der Waals surface area contributed by atoms with Gasteiger partial charge in [-0.05, 0) is 6.92 Å². The number of aryl methyl sites for hydroxylation is 2. The minimum atomic E-state index is 0.0832. The molecule has 0 aliphatic carbocycles. The SMILES string of the molecule is Cc1nn(C)c2c1NC(=O)CC(C)S2. The van der Waals surface area contributed by atoms with Crippen LogP contribution in [0.3, 0.4) is 0 Å². The Labute approximate surface area is 87.1 Å². The molecule has 2 heterocycles. The molecule has 0 spiro atoms. The zero-order valence-corrected chi connectivity index (χ0v) is 9.31. The van der Waals surface area contributed by atoms with Crippen molar-refractivity contribution in [2.75, 3.05) is 5.32 Å². The first-order valence-corrected chi connectivity index (χ1v) is 5.46. The van der Waals surface area contributed by atoms with E-state index in [2.05, 4.69) is 17.3 Å². The molecule has 1 aliphatic heterocycles. The van der Waals surface area contributed by atoms with E-state index in [9.17, 15) is 4.79 Å². The van der Waals surface area contributed by atoms with E-state index in [1.54, 1.807) is 11.8 Å². The molecule has 1 amide bonds. The van der Waals surface area contributed by atoms with E-state index in [0.717, 1.165) is 16.4 Å². The van der Waals surface area contributed by atoms with Crippen molar-refractivity contribution in [3.63, 3.8) is 0 Å². The number of carbonyl (C=O) groups is 1. The van der Waals surface area contributed by atoms with Gasteiger partial charge in [0.2, 0.25) is 5.91 Å². The van der Waals surface area contributed by atoms with Crippen molar-refractivity contribution in [1.29, 1.82) is 0 Å². The molecule has 0 saturated carbocycles. The van der Waals surface area contributed by atoms with Gasteiger partial charge in [-0.1, -0.05) is 6.92 Å². The average Bonchev–Trinajstić information content (AvgIpc) is 2.30. The van der Waals surface area contributed by atoms with Gasteiger partial charge < -0.3 is 5.32 Å². The normalized spacial score (nSPS) is 21.4. The maximum Gasteiger partial charge on any atom is 0.225 e. The summed E-state index contributed by atoms with van der Waals surface area (Å²) in [4.78, 5) is 11.5. The molecular weight excluding hydrogens is 198 g/mol. The van der Waals surface area contributed by atoms with Crippen LogP contribution in [0.2, 0.25) is 0 Å². The molecule has 14 heavy (non-hydrogen) atoms. The maximum atomic E-state index is 11.5. The topological polar surface area (TPSA) is 46.9 Å². The summed E-state index contributed by atoms with van der Waals surface area (Å²) >= 11 is 1.70. The first-order chi connectivity index (χ1) is 6.58. The second kappa shape index (κ2) is 3.31. The highest BCUT2D eigenvalue weighted by Gasteiger charge is 2.23. The predicted octanol–water partition coefficient (Wildman–Crippen LogP) is 1.55. The molecule has 0 saturated heterocycles. The van der Waals surface area contributed by atoms with Gasteiger partial charge in [-0.15, -0.1) is 11.8 Å².